The van der Waals surface area contributed by atoms with Crippen molar-refractivity contribution in [3.63, 3.8) is 0 Å². The summed E-state index contributed by atoms with van der Waals surface area (Å²) in [6, 6.07) is 5.00. The number of benzene rings is 1. The van der Waals surface area contributed by atoms with Crippen molar-refractivity contribution in [3.05, 3.63) is 28.2 Å². The lowest BCUT2D eigenvalue weighted by molar-refractivity contribution is -0.139. The smallest absolute Gasteiger partial charge is 0.228 e. The Kier molecular flexibility index (Phi) is 4.57. The topological polar surface area (TPSA) is 49.9 Å². The van der Waals surface area contributed by atoms with Gasteiger partial charge in [-0.2, -0.15) is 0 Å². The molecule has 2 heterocycles. The van der Waals surface area contributed by atoms with E-state index in [1.807, 2.05) is 0 Å². The van der Waals surface area contributed by atoms with E-state index in [9.17, 15) is 9.59 Å². The molecule has 0 N–H and O–H groups in total. The second-order valence-corrected chi connectivity index (χ2v) is 6.28. The SMILES string of the molecule is O=C(C1CC(=O)N(c2ccc(Cl)cc2Cl)C1)N1CCOCC1. The molecule has 1 unspecified atom stereocenters. The third-order valence-electron chi connectivity index (χ3n) is 4.00. The van der Waals surface area contributed by atoms with E-state index in [0.717, 1.165) is 0 Å². The normalized spacial score (nSPS) is 22.3. The van der Waals surface area contributed by atoms with Gasteiger partial charge in [0.2, 0.25) is 11.8 Å². The van der Waals surface area contributed by atoms with Crippen LogP contribution in [0.4, 0.5) is 5.69 Å². The Balaban J connectivity index is 1.74. The molecular formula is C15H16Cl2N2O3. The van der Waals surface area contributed by atoms with E-state index in [-0.39, 0.29) is 24.2 Å². The zero-order valence-corrected chi connectivity index (χ0v) is 13.4. The molecule has 0 radical (unpaired) electrons. The van der Waals surface area contributed by atoms with Crippen LogP contribution in [-0.4, -0.2) is 49.6 Å². The van der Waals surface area contributed by atoms with Gasteiger partial charge in [0.1, 0.15) is 0 Å². The molecule has 5 nitrogen and oxygen atoms in total. The Morgan fingerprint density at radius 1 is 1.23 bits per heavy atom. The van der Waals surface area contributed by atoms with Crippen LogP contribution in [-0.2, 0) is 14.3 Å². The van der Waals surface area contributed by atoms with Gasteiger partial charge in [-0.05, 0) is 18.2 Å². The maximum absolute atomic E-state index is 12.5. The van der Waals surface area contributed by atoms with Gasteiger partial charge in [0.25, 0.3) is 0 Å². The highest BCUT2D eigenvalue weighted by molar-refractivity contribution is 6.36. The van der Waals surface area contributed by atoms with Gasteiger partial charge in [-0.3, -0.25) is 9.59 Å². The molecule has 0 aliphatic carbocycles. The summed E-state index contributed by atoms with van der Waals surface area (Å²) in [5.41, 5.74) is 0.605. The number of hydrogen-bond acceptors (Lipinski definition) is 3. The van der Waals surface area contributed by atoms with Gasteiger partial charge in [0.05, 0.1) is 29.8 Å². The number of anilines is 1. The van der Waals surface area contributed by atoms with Crippen molar-refractivity contribution in [2.24, 2.45) is 5.92 Å². The highest BCUT2D eigenvalue weighted by Gasteiger charge is 2.38. The summed E-state index contributed by atoms with van der Waals surface area (Å²) < 4.78 is 5.25. The maximum Gasteiger partial charge on any atom is 0.228 e. The summed E-state index contributed by atoms with van der Waals surface area (Å²) >= 11 is 12.0. The van der Waals surface area contributed by atoms with Crippen molar-refractivity contribution in [2.45, 2.75) is 6.42 Å². The lowest BCUT2D eigenvalue weighted by Crippen LogP contribution is -2.44. The molecule has 2 amide bonds. The number of nitrogens with zero attached hydrogens (tertiary/aromatic N) is 2. The van der Waals surface area contributed by atoms with Crippen molar-refractivity contribution >= 4 is 40.7 Å². The molecule has 1 aromatic rings. The highest BCUT2D eigenvalue weighted by Crippen LogP contribution is 2.33. The van der Waals surface area contributed by atoms with Gasteiger partial charge in [-0.1, -0.05) is 23.2 Å². The standard InChI is InChI=1S/C15H16Cl2N2O3/c16-11-1-2-13(12(17)8-11)19-9-10(7-14(19)20)15(21)18-3-5-22-6-4-18/h1-2,8,10H,3-7,9H2. The number of amides is 2. The van der Waals surface area contributed by atoms with Gasteiger partial charge in [0.15, 0.2) is 0 Å². The first-order valence-corrected chi connectivity index (χ1v) is 7.94. The third-order valence-corrected chi connectivity index (χ3v) is 4.54. The Morgan fingerprint density at radius 3 is 2.64 bits per heavy atom. The summed E-state index contributed by atoms with van der Waals surface area (Å²) in [7, 11) is 0. The van der Waals surface area contributed by atoms with Crippen LogP contribution >= 0.6 is 23.2 Å². The molecule has 118 valence electrons. The minimum absolute atomic E-state index is 0.0178. The highest BCUT2D eigenvalue weighted by atomic mass is 35.5. The van der Waals surface area contributed by atoms with Gasteiger partial charge >= 0.3 is 0 Å². The van der Waals surface area contributed by atoms with Crippen molar-refractivity contribution in [1.29, 1.82) is 0 Å². The predicted octanol–water partition coefficient (Wildman–Crippen LogP) is 2.21. The Bertz CT molecular complexity index is 602. The fourth-order valence-corrected chi connectivity index (χ4v) is 3.36. The first-order valence-electron chi connectivity index (χ1n) is 7.18. The third kappa shape index (κ3) is 3.07. The molecule has 1 atom stereocenters. The molecule has 0 aromatic heterocycles. The fraction of sp³-hybridized carbons (Fsp3) is 0.467. The van der Waals surface area contributed by atoms with Crippen molar-refractivity contribution in [2.75, 3.05) is 37.7 Å². The van der Waals surface area contributed by atoms with Crippen molar-refractivity contribution in [1.82, 2.24) is 4.90 Å². The van der Waals surface area contributed by atoms with Crippen LogP contribution in [0.3, 0.4) is 0 Å². The quantitative estimate of drug-likeness (QED) is 0.827. The molecule has 0 saturated carbocycles. The number of halogens is 2. The van der Waals surface area contributed by atoms with E-state index in [1.54, 1.807) is 28.0 Å². The maximum atomic E-state index is 12.5. The van der Waals surface area contributed by atoms with Crippen molar-refractivity contribution in [3.8, 4) is 0 Å². The summed E-state index contributed by atoms with van der Waals surface area (Å²) in [4.78, 5) is 28.1. The van der Waals surface area contributed by atoms with E-state index < -0.39 is 0 Å². The summed E-state index contributed by atoms with van der Waals surface area (Å²) in [6.07, 6.45) is 0.217. The number of hydrogen-bond donors (Lipinski definition) is 0. The summed E-state index contributed by atoms with van der Waals surface area (Å²) in [5.74, 6) is -0.391. The Morgan fingerprint density at radius 2 is 1.95 bits per heavy atom. The first kappa shape index (κ1) is 15.6. The lowest BCUT2D eigenvalue weighted by atomic mass is 10.1. The van der Waals surface area contributed by atoms with Crippen LogP contribution in [0.2, 0.25) is 10.0 Å². The van der Waals surface area contributed by atoms with E-state index >= 15 is 0 Å². The predicted molar refractivity (Wildman–Crippen MR) is 84.3 cm³/mol. The van der Waals surface area contributed by atoms with Gasteiger partial charge < -0.3 is 14.5 Å². The zero-order chi connectivity index (χ0) is 15.7. The number of carbonyl (C=O) groups excluding carboxylic acids is 2. The van der Waals surface area contributed by atoms with E-state index in [4.69, 9.17) is 27.9 Å². The molecular weight excluding hydrogens is 327 g/mol. The fourth-order valence-electron chi connectivity index (χ4n) is 2.85. The van der Waals surface area contributed by atoms with Gasteiger partial charge in [-0.25, -0.2) is 0 Å². The molecule has 2 aliphatic rings. The number of ether oxygens (including phenoxy) is 1. The second-order valence-electron chi connectivity index (χ2n) is 5.44. The summed E-state index contributed by atoms with van der Waals surface area (Å²) in [5, 5.41) is 0.932. The molecule has 2 saturated heterocycles. The van der Waals surface area contributed by atoms with E-state index in [0.29, 0.717) is 48.6 Å². The summed E-state index contributed by atoms with van der Waals surface area (Å²) in [6.45, 7) is 2.64. The van der Waals surface area contributed by atoms with Crippen LogP contribution in [0.25, 0.3) is 0 Å². The van der Waals surface area contributed by atoms with Crippen LogP contribution < -0.4 is 4.90 Å². The van der Waals surface area contributed by atoms with E-state index in [1.165, 1.54) is 0 Å². The molecule has 1 aromatic carbocycles. The second kappa shape index (κ2) is 6.44. The average molecular weight is 343 g/mol. The van der Waals surface area contributed by atoms with Gasteiger partial charge in [-0.15, -0.1) is 0 Å². The number of carbonyl (C=O) groups is 2. The first-order chi connectivity index (χ1) is 10.6. The minimum atomic E-state index is -0.322. The lowest BCUT2D eigenvalue weighted by Gasteiger charge is -2.29. The zero-order valence-electron chi connectivity index (χ0n) is 11.9. The average Bonchev–Trinajstić information content (AvgIpc) is 2.89. The number of rotatable bonds is 2. The van der Waals surface area contributed by atoms with Gasteiger partial charge in [0, 0.05) is 31.1 Å². The van der Waals surface area contributed by atoms with E-state index in [2.05, 4.69) is 0 Å². The van der Waals surface area contributed by atoms with Crippen LogP contribution in [0.1, 0.15) is 6.42 Å². The molecule has 2 fully saturated rings. The van der Waals surface area contributed by atoms with Crippen LogP contribution in [0, 0.1) is 5.92 Å². The molecule has 3 rings (SSSR count). The molecule has 0 bridgehead atoms. The monoisotopic (exact) mass is 342 g/mol. The molecule has 22 heavy (non-hydrogen) atoms. The number of morpholine rings is 1. The molecule has 0 spiro atoms. The molecule has 7 heteroatoms. The Hall–Kier alpha value is -1.30. The minimum Gasteiger partial charge on any atom is -0.378 e. The van der Waals surface area contributed by atoms with Crippen LogP contribution in [0.5, 0.6) is 0 Å². The largest absolute Gasteiger partial charge is 0.378 e. The Labute approximate surface area is 138 Å². The van der Waals surface area contributed by atoms with Crippen molar-refractivity contribution < 1.29 is 14.3 Å². The van der Waals surface area contributed by atoms with Crippen LogP contribution in [0.15, 0.2) is 18.2 Å². The molecule has 2 aliphatic heterocycles.